The van der Waals surface area contributed by atoms with E-state index < -0.39 is 0 Å². The predicted molar refractivity (Wildman–Crippen MR) is 96.7 cm³/mol. The number of hydrogen-bond acceptors (Lipinski definition) is 2. The Morgan fingerprint density at radius 1 is 0.870 bits per heavy atom. The fourth-order valence-corrected chi connectivity index (χ4v) is 2.94. The van der Waals surface area contributed by atoms with Crippen LogP contribution < -0.4 is 0 Å². The molecule has 23 heavy (non-hydrogen) atoms. The van der Waals surface area contributed by atoms with Crippen LogP contribution in [0.3, 0.4) is 0 Å². The Balaban J connectivity index is 1.92. The van der Waals surface area contributed by atoms with E-state index >= 15 is 0 Å². The number of halogens is 1. The Morgan fingerprint density at radius 2 is 1.61 bits per heavy atom. The molecule has 0 aliphatic carbocycles. The third-order valence-electron chi connectivity index (χ3n) is 3.86. The molecule has 0 N–H and O–H groups in total. The molecule has 0 aliphatic rings. The molecule has 0 amide bonds. The van der Waals surface area contributed by atoms with Gasteiger partial charge in [0.25, 0.3) is 0 Å². The van der Waals surface area contributed by atoms with Crippen LogP contribution in [0, 0.1) is 6.92 Å². The van der Waals surface area contributed by atoms with Crippen LogP contribution in [0.1, 0.15) is 5.69 Å². The molecular formula is C19H14BrN3. The highest BCUT2D eigenvalue weighted by molar-refractivity contribution is 9.10. The molecule has 2 heterocycles. The molecule has 2 aromatic carbocycles. The summed E-state index contributed by atoms with van der Waals surface area (Å²) in [6, 6.07) is 22.4. The minimum Gasteiger partial charge on any atom is -0.228 e. The quantitative estimate of drug-likeness (QED) is 0.492. The Labute approximate surface area is 142 Å². The lowest BCUT2D eigenvalue weighted by Gasteiger charge is -2.05. The zero-order valence-corrected chi connectivity index (χ0v) is 14.2. The van der Waals surface area contributed by atoms with Crippen molar-refractivity contribution in [2.75, 3.05) is 0 Å². The summed E-state index contributed by atoms with van der Waals surface area (Å²) in [5.41, 5.74) is 4.93. The molecule has 2 aromatic heterocycles. The number of benzene rings is 2. The smallest absolute Gasteiger partial charge is 0.163 e. The van der Waals surface area contributed by atoms with E-state index in [1.54, 1.807) is 0 Å². The third kappa shape index (κ3) is 2.55. The molecule has 0 aliphatic heterocycles. The van der Waals surface area contributed by atoms with Crippen LogP contribution in [0.4, 0.5) is 0 Å². The van der Waals surface area contributed by atoms with Gasteiger partial charge in [-0.25, -0.2) is 9.67 Å². The summed E-state index contributed by atoms with van der Waals surface area (Å²) < 4.78 is 2.97. The van der Waals surface area contributed by atoms with E-state index in [-0.39, 0.29) is 0 Å². The normalized spacial score (nSPS) is 11.0. The summed E-state index contributed by atoms with van der Waals surface area (Å²) >= 11 is 3.47. The van der Waals surface area contributed by atoms with Gasteiger partial charge in [-0.3, -0.25) is 0 Å². The molecule has 4 aromatic rings. The summed E-state index contributed by atoms with van der Waals surface area (Å²) in [6.07, 6.45) is 0. The molecule has 0 saturated heterocycles. The van der Waals surface area contributed by atoms with E-state index in [9.17, 15) is 0 Å². The van der Waals surface area contributed by atoms with Gasteiger partial charge in [0.1, 0.15) is 0 Å². The first-order valence-electron chi connectivity index (χ1n) is 7.40. The van der Waals surface area contributed by atoms with Gasteiger partial charge in [0.15, 0.2) is 5.65 Å². The number of aromatic nitrogens is 3. The monoisotopic (exact) mass is 363 g/mol. The summed E-state index contributed by atoms with van der Waals surface area (Å²) in [5.74, 6) is 0. The Bertz CT molecular complexity index is 973. The van der Waals surface area contributed by atoms with E-state index in [1.165, 1.54) is 0 Å². The van der Waals surface area contributed by atoms with Crippen LogP contribution in [0.15, 0.2) is 71.2 Å². The number of fused-ring (bicyclic) bond motifs is 1. The topological polar surface area (TPSA) is 30.7 Å². The molecule has 0 fully saturated rings. The van der Waals surface area contributed by atoms with Crippen LogP contribution >= 0.6 is 15.9 Å². The van der Waals surface area contributed by atoms with Crippen molar-refractivity contribution in [3.05, 3.63) is 76.9 Å². The Hall–Kier alpha value is -2.46. The van der Waals surface area contributed by atoms with Gasteiger partial charge in [0.2, 0.25) is 0 Å². The van der Waals surface area contributed by atoms with Crippen molar-refractivity contribution in [3.8, 4) is 16.9 Å². The van der Waals surface area contributed by atoms with Gasteiger partial charge in [-0.1, -0.05) is 46.3 Å². The minimum absolute atomic E-state index is 0.883. The molecule has 0 unspecified atom stereocenters. The maximum atomic E-state index is 4.86. The molecule has 0 spiro atoms. The zero-order valence-electron chi connectivity index (χ0n) is 12.6. The average Bonchev–Trinajstić information content (AvgIpc) is 2.93. The van der Waals surface area contributed by atoms with Gasteiger partial charge in [-0.05, 0) is 43.3 Å². The second kappa shape index (κ2) is 5.63. The van der Waals surface area contributed by atoms with Crippen LogP contribution in [0.2, 0.25) is 0 Å². The number of para-hydroxylation sites is 1. The summed E-state index contributed by atoms with van der Waals surface area (Å²) in [5, 5.41) is 5.73. The van der Waals surface area contributed by atoms with E-state index in [4.69, 9.17) is 4.98 Å². The third-order valence-corrected chi connectivity index (χ3v) is 4.38. The Kier molecular flexibility index (Phi) is 3.46. The van der Waals surface area contributed by atoms with E-state index in [2.05, 4.69) is 45.3 Å². The van der Waals surface area contributed by atoms with Gasteiger partial charge >= 0.3 is 0 Å². The SMILES string of the molecule is Cc1nn(-c2ccccc2)c2nc(-c3ccc(Br)cc3)ccc12. The maximum Gasteiger partial charge on any atom is 0.163 e. The van der Waals surface area contributed by atoms with Crippen molar-refractivity contribution in [2.24, 2.45) is 0 Å². The summed E-state index contributed by atoms with van der Waals surface area (Å²) in [6.45, 7) is 2.02. The van der Waals surface area contributed by atoms with Crippen LogP contribution in [-0.2, 0) is 0 Å². The van der Waals surface area contributed by atoms with E-state index in [1.807, 2.05) is 54.1 Å². The van der Waals surface area contributed by atoms with Gasteiger partial charge in [0, 0.05) is 15.4 Å². The van der Waals surface area contributed by atoms with E-state index in [0.717, 1.165) is 38.1 Å². The maximum absolute atomic E-state index is 4.86. The lowest BCUT2D eigenvalue weighted by atomic mass is 10.1. The standard InChI is InChI=1S/C19H14BrN3/c1-13-17-11-12-18(14-7-9-15(20)10-8-14)21-19(17)23(22-13)16-5-3-2-4-6-16/h2-12H,1H3. The van der Waals surface area contributed by atoms with Crippen molar-refractivity contribution in [1.29, 1.82) is 0 Å². The highest BCUT2D eigenvalue weighted by Crippen LogP contribution is 2.25. The van der Waals surface area contributed by atoms with Gasteiger partial charge in [-0.2, -0.15) is 5.10 Å². The van der Waals surface area contributed by atoms with E-state index in [0.29, 0.717) is 0 Å². The van der Waals surface area contributed by atoms with Gasteiger partial charge in [-0.15, -0.1) is 0 Å². The first kappa shape index (κ1) is 14.2. The van der Waals surface area contributed by atoms with Crippen LogP contribution in [-0.4, -0.2) is 14.8 Å². The minimum atomic E-state index is 0.883. The zero-order chi connectivity index (χ0) is 15.8. The summed E-state index contributed by atoms with van der Waals surface area (Å²) in [7, 11) is 0. The average molecular weight is 364 g/mol. The first-order chi connectivity index (χ1) is 11.2. The number of aryl methyl sites for hydroxylation is 1. The first-order valence-corrected chi connectivity index (χ1v) is 8.19. The number of nitrogens with zero attached hydrogens (tertiary/aromatic N) is 3. The van der Waals surface area contributed by atoms with Crippen LogP contribution in [0.25, 0.3) is 28.0 Å². The molecular weight excluding hydrogens is 350 g/mol. The second-order valence-electron chi connectivity index (χ2n) is 5.41. The number of hydrogen-bond donors (Lipinski definition) is 0. The van der Waals surface area contributed by atoms with Crippen molar-refractivity contribution >= 4 is 27.0 Å². The lowest BCUT2D eigenvalue weighted by Crippen LogP contribution is -1.98. The van der Waals surface area contributed by atoms with Crippen molar-refractivity contribution in [1.82, 2.24) is 14.8 Å². The predicted octanol–water partition coefficient (Wildman–Crippen LogP) is 5.16. The fraction of sp³-hybridized carbons (Fsp3) is 0.0526. The Morgan fingerprint density at radius 3 is 2.35 bits per heavy atom. The molecule has 0 bridgehead atoms. The summed E-state index contributed by atoms with van der Waals surface area (Å²) in [4.78, 5) is 4.86. The molecule has 0 saturated carbocycles. The molecule has 0 radical (unpaired) electrons. The number of pyridine rings is 1. The lowest BCUT2D eigenvalue weighted by molar-refractivity contribution is 0.878. The van der Waals surface area contributed by atoms with Crippen molar-refractivity contribution in [3.63, 3.8) is 0 Å². The molecule has 3 nitrogen and oxygen atoms in total. The molecule has 4 heteroatoms. The van der Waals surface area contributed by atoms with Gasteiger partial charge in [0.05, 0.1) is 17.1 Å². The van der Waals surface area contributed by atoms with Crippen LogP contribution in [0.5, 0.6) is 0 Å². The molecule has 0 atom stereocenters. The largest absolute Gasteiger partial charge is 0.228 e. The highest BCUT2D eigenvalue weighted by Gasteiger charge is 2.11. The van der Waals surface area contributed by atoms with Crippen molar-refractivity contribution < 1.29 is 0 Å². The molecule has 4 rings (SSSR count). The highest BCUT2D eigenvalue weighted by atomic mass is 79.9. The second-order valence-corrected chi connectivity index (χ2v) is 6.32. The van der Waals surface area contributed by atoms with Crippen molar-refractivity contribution in [2.45, 2.75) is 6.92 Å². The number of rotatable bonds is 2. The fourth-order valence-electron chi connectivity index (χ4n) is 2.67. The van der Waals surface area contributed by atoms with Gasteiger partial charge < -0.3 is 0 Å². The molecule has 112 valence electrons.